The number of aliphatic hydroxyl groups is 1. The zero-order valence-corrected chi connectivity index (χ0v) is 9.74. The number of hydrogen-bond acceptors (Lipinski definition) is 4. The van der Waals surface area contributed by atoms with Crippen LogP contribution in [0.5, 0.6) is 0 Å². The minimum absolute atomic E-state index is 0.324. The Balaban J connectivity index is 3.30. The lowest BCUT2D eigenvalue weighted by molar-refractivity contribution is 0.0696. The van der Waals surface area contributed by atoms with E-state index in [1.807, 2.05) is 0 Å². The molecule has 0 saturated heterocycles. The molecule has 0 aliphatic heterocycles. The molecule has 7 heteroatoms. The monoisotopic (exact) mass is 262 g/mol. The molecule has 0 aromatic heterocycles. The third-order valence-corrected chi connectivity index (χ3v) is 3.88. The lowest BCUT2D eigenvalue weighted by Crippen LogP contribution is -2.19. The molecular weight excluding hydrogens is 251 g/mol. The first-order valence-corrected chi connectivity index (χ1v) is 6.33. The summed E-state index contributed by atoms with van der Waals surface area (Å²) in [7, 11) is -4.03. The third kappa shape index (κ3) is 3.24. The van der Waals surface area contributed by atoms with E-state index < -0.39 is 38.4 Å². The van der Waals surface area contributed by atoms with Crippen LogP contribution in [0.1, 0.15) is 17.3 Å². The smallest absolute Gasteiger partial charge is 0.335 e. The number of carbonyl (C=O) groups is 1. The van der Waals surface area contributed by atoms with Crippen molar-refractivity contribution in [1.82, 2.24) is 0 Å². The van der Waals surface area contributed by atoms with Gasteiger partial charge in [-0.15, -0.1) is 0 Å². The Morgan fingerprint density at radius 3 is 2.53 bits per heavy atom. The van der Waals surface area contributed by atoms with Crippen LogP contribution in [0.25, 0.3) is 0 Å². The van der Waals surface area contributed by atoms with Crippen LogP contribution in [0.4, 0.5) is 4.39 Å². The van der Waals surface area contributed by atoms with E-state index in [0.29, 0.717) is 0 Å². The lowest BCUT2D eigenvalue weighted by atomic mass is 10.2. The molecular formula is C10H11FO5S. The van der Waals surface area contributed by atoms with E-state index in [-0.39, 0.29) is 5.56 Å². The summed E-state index contributed by atoms with van der Waals surface area (Å²) in [6, 6.07) is 2.49. The second-order valence-corrected chi connectivity index (χ2v) is 5.58. The van der Waals surface area contributed by atoms with Gasteiger partial charge in [-0.25, -0.2) is 17.6 Å². The molecule has 1 aromatic carbocycles. The molecule has 0 spiro atoms. The quantitative estimate of drug-likeness (QED) is 0.832. The maximum Gasteiger partial charge on any atom is 0.335 e. The Hall–Kier alpha value is -1.47. The standard InChI is InChI=1S/C10H11FO5S/c1-6(12)5-17(15,16)9-4-7(10(13)14)2-3-8(9)11/h2-4,6,12H,5H2,1H3,(H,13,14). The van der Waals surface area contributed by atoms with Gasteiger partial charge in [0, 0.05) is 0 Å². The number of halogens is 1. The Labute approximate surface area is 97.4 Å². The van der Waals surface area contributed by atoms with Crippen LogP contribution < -0.4 is 0 Å². The Bertz CT molecular complexity index is 536. The molecule has 0 amide bonds. The summed E-state index contributed by atoms with van der Waals surface area (Å²) < 4.78 is 36.6. The number of aliphatic hydroxyl groups excluding tert-OH is 1. The molecule has 0 aliphatic carbocycles. The van der Waals surface area contributed by atoms with Gasteiger partial charge in [0.05, 0.1) is 17.4 Å². The third-order valence-electron chi connectivity index (χ3n) is 1.97. The second-order valence-electron chi connectivity index (χ2n) is 3.58. The van der Waals surface area contributed by atoms with Gasteiger partial charge in [-0.1, -0.05) is 0 Å². The van der Waals surface area contributed by atoms with E-state index in [1.165, 1.54) is 6.92 Å². The first-order valence-electron chi connectivity index (χ1n) is 4.67. The van der Waals surface area contributed by atoms with Crippen molar-refractivity contribution in [3.63, 3.8) is 0 Å². The van der Waals surface area contributed by atoms with Gasteiger partial charge in [-0.2, -0.15) is 0 Å². The number of aromatic carboxylic acids is 1. The van der Waals surface area contributed by atoms with Crippen LogP contribution in [0.15, 0.2) is 23.1 Å². The summed E-state index contributed by atoms with van der Waals surface area (Å²) in [5, 5.41) is 17.7. The van der Waals surface area contributed by atoms with Gasteiger partial charge in [0.25, 0.3) is 0 Å². The largest absolute Gasteiger partial charge is 0.478 e. The summed E-state index contributed by atoms with van der Waals surface area (Å²) in [4.78, 5) is 9.94. The van der Waals surface area contributed by atoms with Gasteiger partial charge < -0.3 is 10.2 Å². The average molecular weight is 262 g/mol. The van der Waals surface area contributed by atoms with Crippen molar-refractivity contribution in [3.05, 3.63) is 29.6 Å². The molecule has 1 aromatic rings. The number of carboxylic acids is 1. The van der Waals surface area contributed by atoms with Gasteiger partial charge in [-0.3, -0.25) is 0 Å². The van der Waals surface area contributed by atoms with Crippen molar-refractivity contribution < 1.29 is 27.8 Å². The van der Waals surface area contributed by atoms with Crippen molar-refractivity contribution in [2.45, 2.75) is 17.9 Å². The Morgan fingerprint density at radius 1 is 1.47 bits per heavy atom. The van der Waals surface area contributed by atoms with Crippen molar-refractivity contribution in [1.29, 1.82) is 0 Å². The highest BCUT2D eigenvalue weighted by atomic mass is 32.2. The van der Waals surface area contributed by atoms with E-state index in [4.69, 9.17) is 10.2 Å². The van der Waals surface area contributed by atoms with E-state index in [9.17, 15) is 17.6 Å². The fourth-order valence-corrected chi connectivity index (χ4v) is 2.77. The molecule has 0 radical (unpaired) electrons. The highest BCUT2D eigenvalue weighted by Crippen LogP contribution is 2.18. The summed E-state index contributed by atoms with van der Waals surface area (Å²) in [6.07, 6.45) is -1.16. The van der Waals surface area contributed by atoms with Crippen LogP contribution >= 0.6 is 0 Å². The van der Waals surface area contributed by atoms with Crippen molar-refractivity contribution in [2.75, 3.05) is 5.75 Å². The molecule has 94 valence electrons. The maximum atomic E-state index is 13.3. The van der Waals surface area contributed by atoms with Gasteiger partial charge >= 0.3 is 5.97 Å². The summed E-state index contributed by atoms with van der Waals surface area (Å²) >= 11 is 0. The molecule has 17 heavy (non-hydrogen) atoms. The highest BCUT2D eigenvalue weighted by Gasteiger charge is 2.22. The van der Waals surface area contributed by atoms with E-state index in [1.54, 1.807) is 0 Å². The fraction of sp³-hybridized carbons (Fsp3) is 0.300. The van der Waals surface area contributed by atoms with Crippen LogP contribution in [0, 0.1) is 5.82 Å². The van der Waals surface area contributed by atoms with E-state index in [0.717, 1.165) is 18.2 Å². The predicted molar refractivity (Wildman–Crippen MR) is 57.1 cm³/mol. The Kier molecular flexibility index (Phi) is 3.84. The van der Waals surface area contributed by atoms with Crippen LogP contribution in [-0.4, -0.2) is 36.5 Å². The molecule has 1 unspecified atom stereocenters. The predicted octanol–water partition coefficient (Wildman–Crippen LogP) is 0.678. The minimum atomic E-state index is -4.03. The van der Waals surface area contributed by atoms with E-state index >= 15 is 0 Å². The van der Waals surface area contributed by atoms with Crippen molar-refractivity contribution >= 4 is 15.8 Å². The minimum Gasteiger partial charge on any atom is -0.478 e. The zero-order valence-electron chi connectivity index (χ0n) is 8.92. The highest BCUT2D eigenvalue weighted by molar-refractivity contribution is 7.91. The van der Waals surface area contributed by atoms with Gasteiger partial charge in [0.2, 0.25) is 0 Å². The zero-order chi connectivity index (χ0) is 13.2. The van der Waals surface area contributed by atoms with Crippen molar-refractivity contribution in [2.24, 2.45) is 0 Å². The molecule has 2 N–H and O–H groups in total. The molecule has 0 fully saturated rings. The Morgan fingerprint density at radius 2 is 2.06 bits per heavy atom. The van der Waals surface area contributed by atoms with Gasteiger partial charge in [0.15, 0.2) is 9.84 Å². The molecule has 5 nitrogen and oxygen atoms in total. The molecule has 0 aliphatic rings. The van der Waals surface area contributed by atoms with Crippen LogP contribution in [0.2, 0.25) is 0 Å². The van der Waals surface area contributed by atoms with Gasteiger partial charge in [-0.05, 0) is 25.1 Å². The SMILES string of the molecule is CC(O)CS(=O)(=O)c1cc(C(=O)O)ccc1F. The fourth-order valence-electron chi connectivity index (χ4n) is 1.28. The molecule has 0 heterocycles. The number of sulfone groups is 1. The first kappa shape index (κ1) is 13.6. The van der Waals surface area contributed by atoms with Crippen molar-refractivity contribution in [3.8, 4) is 0 Å². The topological polar surface area (TPSA) is 91.7 Å². The van der Waals surface area contributed by atoms with Crippen LogP contribution in [-0.2, 0) is 9.84 Å². The number of hydrogen-bond donors (Lipinski definition) is 2. The summed E-state index contributed by atoms with van der Waals surface area (Å²) in [6.45, 7) is 1.25. The number of carboxylic acid groups (broad SMARTS) is 1. The normalized spacial score (nSPS) is 13.4. The summed E-state index contributed by atoms with van der Waals surface area (Å²) in [5.41, 5.74) is -0.324. The first-order chi connectivity index (χ1) is 7.74. The molecule has 1 atom stereocenters. The summed E-state index contributed by atoms with van der Waals surface area (Å²) in [5.74, 6) is -3.04. The maximum absolute atomic E-state index is 13.3. The number of rotatable bonds is 4. The lowest BCUT2D eigenvalue weighted by Gasteiger charge is -2.08. The van der Waals surface area contributed by atoms with Crippen LogP contribution in [0.3, 0.4) is 0 Å². The average Bonchev–Trinajstić information content (AvgIpc) is 2.15. The molecule has 0 bridgehead atoms. The second kappa shape index (κ2) is 4.80. The molecule has 0 saturated carbocycles. The van der Waals surface area contributed by atoms with Gasteiger partial charge in [0.1, 0.15) is 10.7 Å². The number of benzene rings is 1. The molecule has 1 rings (SSSR count). The van der Waals surface area contributed by atoms with E-state index in [2.05, 4.69) is 0 Å².